The zero-order chi connectivity index (χ0) is 26.3. The lowest BCUT2D eigenvalue weighted by Gasteiger charge is -2.42. The molecule has 4 aromatic rings. The highest BCUT2D eigenvalue weighted by molar-refractivity contribution is 5.90. The number of fused-ring (bicyclic) bond motifs is 6. The molecule has 188 valence electrons. The molecule has 4 aromatic carbocycles. The van der Waals surface area contributed by atoms with Gasteiger partial charge in [0.15, 0.2) is 0 Å². The molecule has 0 amide bonds. The maximum atomic E-state index is 15.5. The molecular formula is C29H20F6N2. The lowest BCUT2D eigenvalue weighted by Crippen LogP contribution is -2.56. The Labute approximate surface area is 208 Å². The zero-order valence-electron chi connectivity index (χ0n) is 19.3. The monoisotopic (exact) mass is 510 g/mol. The first-order valence-electron chi connectivity index (χ1n) is 11.6. The topological polar surface area (TPSA) is 52.0 Å². The quantitative estimate of drug-likeness (QED) is 0.188. The number of alkyl halides is 6. The second kappa shape index (κ2) is 7.54. The Kier molecular flexibility index (Phi) is 4.78. The summed E-state index contributed by atoms with van der Waals surface area (Å²) in [5, 5.41) is 0. The fourth-order valence-corrected chi connectivity index (χ4v) is 6.14. The zero-order valence-corrected chi connectivity index (χ0v) is 19.3. The summed E-state index contributed by atoms with van der Waals surface area (Å²) >= 11 is 0. The Morgan fingerprint density at radius 2 is 0.865 bits per heavy atom. The molecule has 0 aliphatic heterocycles. The molecule has 0 saturated carbocycles. The van der Waals surface area contributed by atoms with Crippen LogP contribution in [0.15, 0.2) is 72.8 Å². The van der Waals surface area contributed by atoms with Gasteiger partial charge >= 0.3 is 12.4 Å². The molecule has 37 heavy (non-hydrogen) atoms. The van der Waals surface area contributed by atoms with E-state index in [1.165, 1.54) is 24.3 Å². The Morgan fingerprint density at radius 3 is 1.24 bits per heavy atom. The van der Waals surface area contributed by atoms with Gasteiger partial charge in [-0.2, -0.15) is 26.3 Å². The van der Waals surface area contributed by atoms with Crippen molar-refractivity contribution in [1.29, 1.82) is 0 Å². The first-order chi connectivity index (χ1) is 17.5. The van der Waals surface area contributed by atoms with Gasteiger partial charge in [0.2, 0.25) is 5.41 Å². The van der Waals surface area contributed by atoms with Crippen molar-refractivity contribution in [3.05, 3.63) is 106 Å². The van der Waals surface area contributed by atoms with Crippen LogP contribution in [0.1, 0.15) is 33.4 Å². The van der Waals surface area contributed by atoms with Gasteiger partial charge in [-0.3, -0.25) is 0 Å². The van der Waals surface area contributed by atoms with Gasteiger partial charge < -0.3 is 11.5 Å². The summed E-state index contributed by atoms with van der Waals surface area (Å²) in [5.74, 6) is 0. The first kappa shape index (κ1) is 23.5. The fraction of sp³-hybridized carbons (Fsp3) is 0.172. The van der Waals surface area contributed by atoms with Crippen molar-refractivity contribution in [2.75, 3.05) is 11.5 Å². The molecule has 0 heterocycles. The Morgan fingerprint density at radius 1 is 0.486 bits per heavy atom. The molecule has 0 bridgehead atoms. The van der Waals surface area contributed by atoms with Crippen molar-refractivity contribution in [1.82, 2.24) is 0 Å². The van der Waals surface area contributed by atoms with Crippen molar-refractivity contribution in [2.45, 2.75) is 30.6 Å². The van der Waals surface area contributed by atoms with Gasteiger partial charge in [0.25, 0.3) is 0 Å². The minimum atomic E-state index is -5.83. The average molecular weight is 510 g/mol. The van der Waals surface area contributed by atoms with E-state index in [0.717, 1.165) is 12.1 Å². The van der Waals surface area contributed by atoms with Gasteiger partial charge in [0, 0.05) is 22.5 Å². The van der Waals surface area contributed by atoms with E-state index in [0.29, 0.717) is 33.4 Å². The average Bonchev–Trinajstić information content (AvgIpc) is 3.38. The minimum Gasteiger partial charge on any atom is -0.398 e. The van der Waals surface area contributed by atoms with E-state index in [1.54, 1.807) is 36.4 Å². The third-order valence-electron chi connectivity index (χ3n) is 7.58. The van der Waals surface area contributed by atoms with Gasteiger partial charge in [-0.15, -0.1) is 0 Å². The second-order valence-electron chi connectivity index (χ2n) is 9.54. The van der Waals surface area contributed by atoms with Crippen LogP contribution in [0.5, 0.6) is 0 Å². The molecule has 8 heteroatoms. The molecular weight excluding hydrogens is 490 g/mol. The molecule has 4 N–H and O–H groups in total. The van der Waals surface area contributed by atoms with E-state index in [9.17, 15) is 0 Å². The molecule has 2 aliphatic carbocycles. The van der Waals surface area contributed by atoms with Crippen molar-refractivity contribution >= 4 is 11.4 Å². The smallest absolute Gasteiger partial charge is 0.398 e. The predicted octanol–water partition coefficient (Wildman–Crippen LogP) is 7.40. The van der Waals surface area contributed by atoms with Gasteiger partial charge in [-0.05, 0) is 69.5 Å². The molecule has 2 nitrogen and oxygen atoms in total. The van der Waals surface area contributed by atoms with E-state index >= 15 is 26.3 Å². The van der Waals surface area contributed by atoms with E-state index in [1.807, 2.05) is 0 Å². The van der Waals surface area contributed by atoms with Crippen molar-refractivity contribution < 1.29 is 26.3 Å². The van der Waals surface area contributed by atoms with Crippen LogP contribution in [-0.2, 0) is 18.3 Å². The van der Waals surface area contributed by atoms with Gasteiger partial charge in [-0.1, -0.05) is 60.7 Å². The summed E-state index contributed by atoms with van der Waals surface area (Å²) in [5.41, 5.74) is 6.90. The van der Waals surface area contributed by atoms with Crippen LogP contribution in [0.2, 0.25) is 0 Å². The van der Waals surface area contributed by atoms with Crippen molar-refractivity contribution in [3.63, 3.8) is 0 Å². The van der Waals surface area contributed by atoms with Crippen LogP contribution in [0.3, 0.4) is 0 Å². The molecule has 0 spiro atoms. The van der Waals surface area contributed by atoms with E-state index in [2.05, 4.69) is 0 Å². The number of halogens is 6. The fourth-order valence-electron chi connectivity index (χ4n) is 6.14. The van der Waals surface area contributed by atoms with Crippen LogP contribution in [0.4, 0.5) is 37.7 Å². The van der Waals surface area contributed by atoms with E-state index in [4.69, 9.17) is 11.5 Å². The lowest BCUT2D eigenvalue weighted by molar-refractivity contribution is -0.288. The van der Waals surface area contributed by atoms with Gasteiger partial charge in [-0.25, -0.2) is 0 Å². The molecule has 0 radical (unpaired) electrons. The number of anilines is 2. The standard InChI is InChI=1S/C29H20F6N2/c30-28(31,32)27(29(33,34)35,25-21(36)11-9-17-13-15-5-1-3-7-19(15)23(17)25)26-22(37)12-10-18-14-16-6-2-4-8-20(16)24(18)26/h1-12H,13-14,36-37H2. The van der Waals surface area contributed by atoms with Crippen LogP contribution >= 0.6 is 0 Å². The molecule has 0 aromatic heterocycles. The highest BCUT2D eigenvalue weighted by atomic mass is 19.4. The molecule has 0 saturated heterocycles. The number of nitrogen functional groups attached to an aromatic ring is 2. The summed E-state index contributed by atoms with van der Waals surface area (Å²) < 4.78 is 92.8. The number of benzene rings is 4. The summed E-state index contributed by atoms with van der Waals surface area (Å²) in [6.07, 6.45) is -11.2. The Hall–Kier alpha value is -3.94. The third-order valence-corrected chi connectivity index (χ3v) is 7.58. The number of nitrogens with two attached hydrogens (primary N) is 2. The maximum absolute atomic E-state index is 15.5. The summed E-state index contributed by atoms with van der Waals surface area (Å²) in [4.78, 5) is 0. The second-order valence-corrected chi connectivity index (χ2v) is 9.54. The summed E-state index contributed by atoms with van der Waals surface area (Å²) in [7, 11) is 0. The van der Waals surface area contributed by atoms with E-state index < -0.39 is 40.3 Å². The molecule has 0 unspecified atom stereocenters. The first-order valence-corrected chi connectivity index (χ1v) is 11.6. The minimum absolute atomic E-state index is 0.131. The van der Waals surface area contributed by atoms with Crippen molar-refractivity contribution in [3.8, 4) is 22.3 Å². The normalized spacial score (nSPS) is 14.2. The highest BCUT2D eigenvalue weighted by Crippen LogP contribution is 2.64. The summed E-state index contributed by atoms with van der Waals surface area (Å²) in [6, 6.07) is 18.3. The van der Waals surface area contributed by atoms with Crippen LogP contribution in [-0.4, -0.2) is 12.4 Å². The molecule has 0 fully saturated rings. The molecule has 0 atom stereocenters. The predicted molar refractivity (Wildman–Crippen MR) is 131 cm³/mol. The molecule has 2 aliphatic rings. The maximum Gasteiger partial charge on any atom is 0.411 e. The Bertz CT molecular complexity index is 1460. The van der Waals surface area contributed by atoms with Crippen LogP contribution in [0.25, 0.3) is 22.3 Å². The highest BCUT2D eigenvalue weighted by Gasteiger charge is 2.75. The number of rotatable bonds is 2. The Balaban J connectivity index is 1.84. The van der Waals surface area contributed by atoms with E-state index in [-0.39, 0.29) is 24.0 Å². The van der Waals surface area contributed by atoms with Crippen LogP contribution in [0, 0.1) is 0 Å². The van der Waals surface area contributed by atoms with Crippen LogP contribution < -0.4 is 11.5 Å². The van der Waals surface area contributed by atoms with Gasteiger partial charge in [0.1, 0.15) is 0 Å². The SMILES string of the molecule is Nc1ccc2c(c1C(c1c(N)ccc3c1-c1ccccc1C3)(C(F)(F)F)C(F)(F)F)-c1ccccc1C2. The number of hydrogen-bond donors (Lipinski definition) is 2. The lowest BCUT2D eigenvalue weighted by atomic mass is 9.66. The summed E-state index contributed by atoms with van der Waals surface area (Å²) in [6.45, 7) is 0. The number of hydrogen-bond acceptors (Lipinski definition) is 2. The largest absolute Gasteiger partial charge is 0.411 e. The van der Waals surface area contributed by atoms with Crippen molar-refractivity contribution in [2.24, 2.45) is 0 Å². The van der Waals surface area contributed by atoms with Gasteiger partial charge in [0.05, 0.1) is 0 Å². The molecule has 6 rings (SSSR count). The third kappa shape index (κ3) is 3.01.